The highest BCUT2D eigenvalue weighted by atomic mass is 16.5. The average molecular weight is 285 g/mol. The number of hydrogen-bond acceptors (Lipinski definition) is 5. The Kier molecular flexibility index (Phi) is 5.91. The zero-order chi connectivity index (χ0) is 15.1. The Hall–Kier alpha value is -2.16. The van der Waals surface area contributed by atoms with Crippen molar-refractivity contribution in [2.75, 3.05) is 20.8 Å². The fourth-order valence-electron chi connectivity index (χ4n) is 1.50. The molecule has 2 amide bonds. The summed E-state index contributed by atoms with van der Waals surface area (Å²) in [4.78, 5) is 28.3. The lowest BCUT2D eigenvalue weighted by Gasteiger charge is -2.20. The molecule has 20 heavy (non-hydrogen) atoms. The zero-order valence-corrected chi connectivity index (χ0v) is 11.7. The summed E-state index contributed by atoms with van der Waals surface area (Å²) in [7, 11) is 3.01. The van der Waals surface area contributed by atoms with Crippen LogP contribution < -0.4 is 5.32 Å². The molecule has 1 unspecified atom stereocenters. The fourth-order valence-corrected chi connectivity index (χ4v) is 1.50. The van der Waals surface area contributed by atoms with E-state index in [1.165, 1.54) is 19.1 Å². The van der Waals surface area contributed by atoms with Gasteiger partial charge in [0.2, 0.25) is 0 Å². The molecule has 1 aromatic heterocycles. The van der Waals surface area contributed by atoms with Crippen LogP contribution in [-0.2, 0) is 16.1 Å². The predicted molar refractivity (Wildman–Crippen MR) is 69.0 cm³/mol. The summed E-state index contributed by atoms with van der Waals surface area (Å²) in [6.07, 6.45) is 0.200. The molecule has 0 aliphatic rings. The summed E-state index contributed by atoms with van der Waals surface area (Å²) >= 11 is 0. The molecule has 9 nitrogen and oxygen atoms in total. The molecule has 0 aromatic carbocycles. The van der Waals surface area contributed by atoms with Gasteiger partial charge in [-0.2, -0.15) is 5.10 Å². The van der Waals surface area contributed by atoms with Gasteiger partial charge in [0.1, 0.15) is 11.9 Å². The van der Waals surface area contributed by atoms with Crippen molar-refractivity contribution in [3.05, 3.63) is 11.6 Å². The number of amides is 2. The van der Waals surface area contributed by atoms with Gasteiger partial charge in [0.25, 0.3) is 0 Å². The number of urea groups is 1. The van der Waals surface area contributed by atoms with Crippen LogP contribution in [0.1, 0.15) is 18.1 Å². The Morgan fingerprint density at radius 1 is 1.55 bits per heavy atom. The molecule has 0 aliphatic heterocycles. The zero-order valence-electron chi connectivity index (χ0n) is 11.7. The van der Waals surface area contributed by atoms with Crippen LogP contribution in [0.2, 0.25) is 0 Å². The number of aliphatic carboxylic acids is 1. The number of ether oxygens (including phenoxy) is 1. The summed E-state index contributed by atoms with van der Waals surface area (Å²) in [5, 5.41) is 18.0. The van der Waals surface area contributed by atoms with E-state index >= 15 is 0 Å². The van der Waals surface area contributed by atoms with E-state index in [9.17, 15) is 9.59 Å². The van der Waals surface area contributed by atoms with E-state index in [4.69, 9.17) is 9.84 Å². The number of carbonyl (C=O) groups excluding carboxylic acids is 1. The first kappa shape index (κ1) is 15.9. The van der Waals surface area contributed by atoms with E-state index in [1.807, 2.05) is 0 Å². The molecule has 0 saturated carbocycles. The number of aromatic amines is 1. The minimum absolute atomic E-state index is 0.187. The molecule has 1 rings (SSSR count). The second-order valence-electron chi connectivity index (χ2n) is 4.31. The summed E-state index contributed by atoms with van der Waals surface area (Å²) in [6.45, 7) is 2.19. The van der Waals surface area contributed by atoms with Crippen molar-refractivity contribution in [1.29, 1.82) is 0 Å². The minimum Gasteiger partial charge on any atom is -0.480 e. The molecule has 0 bridgehead atoms. The second-order valence-corrected chi connectivity index (χ2v) is 4.31. The third-order valence-corrected chi connectivity index (χ3v) is 2.58. The number of carbonyl (C=O) groups is 2. The SMILES string of the molecule is COCCC(NC(=O)N(C)Cc1n[nH]c(C)n1)C(=O)O. The van der Waals surface area contributed by atoms with Gasteiger partial charge in [-0.15, -0.1) is 0 Å². The van der Waals surface area contributed by atoms with Crippen molar-refractivity contribution in [2.24, 2.45) is 0 Å². The summed E-state index contributed by atoms with van der Waals surface area (Å²) in [6, 6.07) is -1.49. The second kappa shape index (κ2) is 7.43. The lowest BCUT2D eigenvalue weighted by molar-refractivity contribution is -0.139. The first-order chi connectivity index (χ1) is 9.43. The fraction of sp³-hybridized carbons (Fsp3) is 0.636. The molecule has 112 valence electrons. The smallest absolute Gasteiger partial charge is 0.326 e. The first-order valence-electron chi connectivity index (χ1n) is 6.05. The summed E-state index contributed by atoms with van der Waals surface area (Å²) in [5.74, 6) is 0.0128. The molecule has 0 spiro atoms. The summed E-state index contributed by atoms with van der Waals surface area (Å²) < 4.78 is 4.81. The highest BCUT2D eigenvalue weighted by molar-refractivity contribution is 5.82. The molecular weight excluding hydrogens is 266 g/mol. The number of carboxylic acid groups (broad SMARTS) is 1. The van der Waals surface area contributed by atoms with Crippen molar-refractivity contribution in [1.82, 2.24) is 25.4 Å². The van der Waals surface area contributed by atoms with E-state index in [0.29, 0.717) is 11.6 Å². The number of rotatable bonds is 7. The number of H-pyrrole nitrogens is 1. The van der Waals surface area contributed by atoms with Crippen LogP contribution >= 0.6 is 0 Å². The van der Waals surface area contributed by atoms with Gasteiger partial charge in [0.05, 0.1) is 6.54 Å². The molecule has 1 atom stereocenters. The molecular formula is C11H19N5O4. The highest BCUT2D eigenvalue weighted by Gasteiger charge is 2.21. The number of methoxy groups -OCH3 is 1. The van der Waals surface area contributed by atoms with Gasteiger partial charge >= 0.3 is 12.0 Å². The lowest BCUT2D eigenvalue weighted by atomic mass is 10.2. The van der Waals surface area contributed by atoms with Gasteiger partial charge in [-0.1, -0.05) is 0 Å². The predicted octanol–water partition coefficient (Wildman–Crippen LogP) is -0.256. The first-order valence-corrected chi connectivity index (χ1v) is 6.05. The van der Waals surface area contributed by atoms with E-state index in [-0.39, 0.29) is 19.6 Å². The van der Waals surface area contributed by atoms with Crippen LogP contribution in [0.15, 0.2) is 0 Å². The van der Waals surface area contributed by atoms with Crippen LogP contribution in [0.5, 0.6) is 0 Å². The maximum atomic E-state index is 11.9. The van der Waals surface area contributed by atoms with Crippen LogP contribution in [-0.4, -0.2) is 64.0 Å². The van der Waals surface area contributed by atoms with Crippen molar-refractivity contribution >= 4 is 12.0 Å². The van der Waals surface area contributed by atoms with Gasteiger partial charge in [0.15, 0.2) is 5.82 Å². The van der Waals surface area contributed by atoms with E-state index in [0.717, 1.165) is 0 Å². The number of aryl methyl sites for hydroxylation is 1. The average Bonchev–Trinajstić information content (AvgIpc) is 2.79. The van der Waals surface area contributed by atoms with Crippen LogP contribution in [0.4, 0.5) is 4.79 Å². The van der Waals surface area contributed by atoms with E-state index < -0.39 is 18.0 Å². The molecule has 9 heteroatoms. The molecule has 0 aliphatic carbocycles. The third kappa shape index (κ3) is 4.84. The van der Waals surface area contributed by atoms with Gasteiger partial charge < -0.3 is 20.1 Å². The molecule has 0 saturated heterocycles. The Bertz CT molecular complexity index is 461. The van der Waals surface area contributed by atoms with Gasteiger partial charge in [-0.25, -0.2) is 14.6 Å². The Labute approximate surface area is 116 Å². The number of hydrogen-bond donors (Lipinski definition) is 3. The number of carboxylic acids is 1. The maximum Gasteiger partial charge on any atom is 0.326 e. The highest BCUT2D eigenvalue weighted by Crippen LogP contribution is 1.99. The Morgan fingerprint density at radius 3 is 2.75 bits per heavy atom. The van der Waals surface area contributed by atoms with E-state index in [1.54, 1.807) is 6.92 Å². The quantitative estimate of drug-likeness (QED) is 0.635. The van der Waals surface area contributed by atoms with Crippen molar-refractivity contribution < 1.29 is 19.4 Å². The maximum absolute atomic E-state index is 11.9. The molecule has 0 fully saturated rings. The summed E-state index contributed by atoms with van der Waals surface area (Å²) in [5.41, 5.74) is 0. The largest absolute Gasteiger partial charge is 0.480 e. The minimum atomic E-state index is -1.10. The van der Waals surface area contributed by atoms with Gasteiger partial charge in [0, 0.05) is 27.2 Å². The van der Waals surface area contributed by atoms with Gasteiger partial charge in [-0.05, 0) is 6.92 Å². The third-order valence-electron chi connectivity index (χ3n) is 2.58. The normalized spacial score (nSPS) is 11.9. The Balaban J connectivity index is 2.52. The number of nitrogens with one attached hydrogen (secondary N) is 2. The van der Waals surface area contributed by atoms with Crippen molar-refractivity contribution in [2.45, 2.75) is 25.9 Å². The van der Waals surface area contributed by atoms with Crippen LogP contribution in [0.25, 0.3) is 0 Å². The van der Waals surface area contributed by atoms with Gasteiger partial charge in [-0.3, -0.25) is 5.10 Å². The van der Waals surface area contributed by atoms with Crippen LogP contribution in [0.3, 0.4) is 0 Å². The standard InChI is InChI=1S/C11H19N5O4/c1-7-12-9(15-14-7)6-16(2)11(19)13-8(10(17)18)4-5-20-3/h8H,4-6H2,1-3H3,(H,13,19)(H,17,18)(H,12,14,15). The van der Waals surface area contributed by atoms with E-state index in [2.05, 4.69) is 20.5 Å². The molecule has 0 radical (unpaired) electrons. The number of aromatic nitrogens is 3. The Morgan fingerprint density at radius 2 is 2.25 bits per heavy atom. The van der Waals surface area contributed by atoms with Crippen molar-refractivity contribution in [3.8, 4) is 0 Å². The van der Waals surface area contributed by atoms with Crippen LogP contribution in [0, 0.1) is 6.92 Å². The van der Waals surface area contributed by atoms with Crippen molar-refractivity contribution in [3.63, 3.8) is 0 Å². The topological polar surface area (TPSA) is 120 Å². The monoisotopic (exact) mass is 285 g/mol. The lowest BCUT2D eigenvalue weighted by Crippen LogP contribution is -2.47. The molecule has 1 aromatic rings. The molecule has 3 N–H and O–H groups in total. The molecule has 1 heterocycles. The number of nitrogens with zero attached hydrogens (tertiary/aromatic N) is 3.